The van der Waals surface area contributed by atoms with E-state index in [1.54, 1.807) is 0 Å². The van der Waals surface area contributed by atoms with Gasteiger partial charge in [-0.2, -0.15) is 0 Å². The fourth-order valence-corrected chi connectivity index (χ4v) is 1.20. The van der Waals surface area contributed by atoms with E-state index in [-0.39, 0.29) is 25.4 Å². The molecule has 0 heterocycles. The van der Waals surface area contributed by atoms with E-state index >= 15 is 0 Å². The van der Waals surface area contributed by atoms with Gasteiger partial charge in [-0.3, -0.25) is 9.59 Å². The van der Waals surface area contributed by atoms with E-state index in [1.165, 1.54) is 0 Å². The summed E-state index contributed by atoms with van der Waals surface area (Å²) in [4.78, 5) is 32.9. The Morgan fingerprint density at radius 2 is 1.94 bits per heavy atom. The van der Waals surface area contributed by atoms with E-state index in [9.17, 15) is 14.4 Å². The Labute approximate surface area is 106 Å². The second kappa shape index (κ2) is 8.46. The maximum atomic E-state index is 11.5. The first-order chi connectivity index (χ1) is 8.36. The van der Waals surface area contributed by atoms with Gasteiger partial charge in [-0.1, -0.05) is 6.92 Å². The molecule has 0 aromatic rings. The number of nitrogens with one attached hydrogen (secondary N) is 2. The number of hydrogen-bond acceptors (Lipinski definition) is 4. The number of carboxylic acids is 1. The summed E-state index contributed by atoms with van der Waals surface area (Å²) in [5, 5.41) is 14.2. The number of aliphatic carboxylic acids is 1. The van der Waals surface area contributed by atoms with Gasteiger partial charge < -0.3 is 21.5 Å². The van der Waals surface area contributed by atoms with Crippen molar-refractivity contribution in [3.05, 3.63) is 0 Å². The molecule has 18 heavy (non-hydrogen) atoms. The average molecular weight is 259 g/mol. The van der Waals surface area contributed by atoms with E-state index in [1.807, 2.05) is 13.8 Å². The molecule has 104 valence electrons. The average Bonchev–Trinajstić information content (AvgIpc) is 2.30. The van der Waals surface area contributed by atoms with Crippen LogP contribution in [0.15, 0.2) is 0 Å². The molecule has 7 nitrogen and oxygen atoms in total. The van der Waals surface area contributed by atoms with Gasteiger partial charge in [0.2, 0.25) is 11.8 Å². The standard InChI is InChI=1S/C11H21N3O4/c1-3-7(2)13-6-10(16)14-8(11(17)18)4-5-9(12)15/h7-8,13H,3-6H2,1-2H3,(H2,12,15)(H,14,16)(H,17,18)/t7?,8-/m1/s1. The van der Waals surface area contributed by atoms with E-state index in [2.05, 4.69) is 10.6 Å². The molecule has 2 amide bonds. The topological polar surface area (TPSA) is 122 Å². The summed E-state index contributed by atoms with van der Waals surface area (Å²) in [6.45, 7) is 3.95. The highest BCUT2D eigenvalue weighted by Gasteiger charge is 2.20. The summed E-state index contributed by atoms with van der Waals surface area (Å²) >= 11 is 0. The minimum atomic E-state index is -1.17. The lowest BCUT2D eigenvalue weighted by Gasteiger charge is -2.15. The second-order valence-corrected chi connectivity index (χ2v) is 4.15. The van der Waals surface area contributed by atoms with Crippen molar-refractivity contribution in [2.24, 2.45) is 5.73 Å². The van der Waals surface area contributed by atoms with E-state index < -0.39 is 23.8 Å². The van der Waals surface area contributed by atoms with Crippen LogP contribution in [0.1, 0.15) is 33.1 Å². The van der Waals surface area contributed by atoms with Crippen LogP contribution in [0.25, 0.3) is 0 Å². The van der Waals surface area contributed by atoms with Crippen LogP contribution in [0.4, 0.5) is 0 Å². The molecule has 7 heteroatoms. The van der Waals surface area contributed by atoms with Crippen LogP contribution in [-0.4, -0.2) is 41.5 Å². The second-order valence-electron chi connectivity index (χ2n) is 4.15. The smallest absolute Gasteiger partial charge is 0.326 e. The summed E-state index contributed by atoms with van der Waals surface area (Å²) in [7, 11) is 0. The van der Waals surface area contributed by atoms with E-state index in [4.69, 9.17) is 10.8 Å². The summed E-state index contributed by atoms with van der Waals surface area (Å²) in [6, 6.07) is -0.895. The van der Waals surface area contributed by atoms with Gasteiger partial charge in [0, 0.05) is 12.5 Å². The predicted octanol–water partition coefficient (Wildman–Crippen LogP) is -0.791. The molecule has 2 atom stereocenters. The zero-order chi connectivity index (χ0) is 14.1. The molecule has 0 aliphatic heterocycles. The first-order valence-corrected chi connectivity index (χ1v) is 5.90. The molecule has 0 bridgehead atoms. The summed E-state index contributed by atoms with van der Waals surface area (Å²) in [5.41, 5.74) is 4.93. The van der Waals surface area contributed by atoms with Crippen LogP contribution in [-0.2, 0) is 14.4 Å². The molecular formula is C11H21N3O4. The Bertz CT molecular complexity index is 307. The van der Waals surface area contributed by atoms with Gasteiger partial charge in [0.25, 0.3) is 0 Å². The Morgan fingerprint density at radius 1 is 1.33 bits per heavy atom. The van der Waals surface area contributed by atoms with Crippen LogP contribution in [0.5, 0.6) is 0 Å². The van der Waals surface area contributed by atoms with Gasteiger partial charge in [-0.25, -0.2) is 4.79 Å². The molecule has 0 spiro atoms. The van der Waals surface area contributed by atoms with Gasteiger partial charge in [0.1, 0.15) is 6.04 Å². The summed E-state index contributed by atoms with van der Waals surface area (Å²) in [5.74, 6) is -2.17. The third-order valence-corrected chi connectivity index (χ3v) is 2.54. The Hall–Kier alpha value is -1.63. The van der Waals surface area contributed by atoms with Crippen LogP contribution in [0.2, 0.25) is 0 Å². The van der Waals surface area contributed by atoms with Crippen molar-refractivity contribution in [1.29, 1.82) is 0 Å². The molecule has 0 aromatic heterocycles. The first kappa shape index (κ1) is 16.4. The largest absolute Gasteiger partial charge is 0.480 e. The van der Waals surface area contributed by atoms with Gasteiger partial charge in [-0.15, -0.1) is 0 Å². The molecule has 0 aromatic carbocycles. The molecule has 0 aliphatic carbocycles. The van der Waals surface area contributed by atoms with Crippen molar-refractivity contribution in [3.8, 4) is 0 Å². The predicted molar refractivity (Wildman–Crippen MR) is 65.8 cm³/mol. The van der Waals surface area contributed by atoms with Crippen LogP contribution in [0, 0.1) is 0 Å². The fraction of sp³-hybridized carbons (Fsp3) is 0.727. The lowest BCUT2D eigenvalue weighted by molar-refractivity contribution is -0.142. The van der Waals surface area contributed by atoms with E-state index in [0.717, 1.165) is 6.42 Å². The Balaban J connectivity index is 4.11. The lowest BCUT2D eigenvalue weighted by Crippen LogP contribution is -2.46. The molecular weight excluding hydrogens is 238 g/mol. The minimum absolute atomic E-state index is 0.000260. The van der Waals surface area contributed by atoms with Crippen LogP contribution >= 0.6 is 0 Å². The highest BCUT2D eigenvalue weighted by molar-refractivity contribution is 5.85. The molecule has 1 unspecified atom stereocenters. The maximum absolute atomic E-state index is 11.5. The van der Waals surface area contributed by atoms with E-state index in [0.29, 0.717) is 0 Å². The van der Waals surface area contributed by atoms with Crippen molar-refractivity contribution in [2.45, 2.75) is 45.2 Å². The number of nitrogens with two attached hydrogens (primary N) is 1. The summed E-state index contributed by atoms with van der Waals surface area (Å²) in [6.07, 6.45) is 0.799. The van der Waals surface area contributed by atoms with Gasteiger partial charge in [0.05, 0.1) is 6.54 Å². The number of carboxylic acid groups (broad SMARTS) is 1. The molecule has 0 saturated carbocycles. The third-order valence-electron chi connectivity index (χ3n) is 2.54. The van der Waals surface area contributed by atoms with Crippen LogP contribution in [0.3, 0.4) is 0 Å². The molecule has 0 saturated heterocycles. The van der Waals surface area contributed by atoms with Gasteiger partial charge in [0.15, 0.2) is 0 Å². The lowest BCUT2D eigenvalue weighted by atomic mass is 10.1. The normalized spacial score (nSPS) is 13.7. The van der Waals surface area contributed by atoms with Crippen molar-refractivity contribution in [1.82, 2.24) is 10.6 Å². The fourth-order valence-electron chi connectivity index (χ4n) is 1.20. The number of carbonyl (C=O) groups is 3. The van der Waals surface area contributed by atoms with Crippen molar-refractivity contribution in [2.75, 3.05) is 6.54 Å². The zero-order valence-electron chi connectivity index (χ0n) is 10.7. The highest BCUT2D eigenvalue weighted by Crippen LogP contribution is 1.97. The molecule has 0 aliphatic rings. The van der Waals surface area contributed by atoms with Gasteiger partial charge in [-0.05, 0) is 19.8 Å². The Morgan fingerprint density at radius 3 is 2.39 bits per heavy atom. The van der Waals surface area contributed by atoms with Crippen molar-refractivity contribution in [3.63, 3.8) is 0 Å². The molecule has 0 radical (unpaired) electrons. The maximum Gasteiger partial charge on any atom is 0.326 e. The molecule has 0 fully saturated rings. The number of amides is 2. The van der Waals surface area contributed by atoms with Crippen LogP contribution < -0.4 is 16.4 Å². The first-order valence-electron chi connectivity index (χ1n) is 5.90. The number of carbonyl (C=O) groups excluding carboxylic acids is 2. The van der Waals surface area contributed by atoms with Crippen molar-refractivity contribution < 1.29 is 19.5 Å². The third kappa shape index (κ3) is 7.61. The minimum Gasteiger partial charge on any atom is -0.480 e. The van der Waals surface area contributed by atoms with Gasteiger partial charge >= 0.3 is 5.97 Å². The summed E-state index contributed by atoms with van der Waals surface area (Å²) < 4.78 is 0. The monoisotopic (exact) mass is 259 g/mol. The van der Waals surface area contributed by atoms with Crippen molar-refractivity contribution >= 4 is 17.8 Å². The Kier molecular flexibility index (Phi) is 7.69. The highest BCUT2D eigenvalue weighted by atomic mass is 16.4. The quantitative estimate of drug-likeness (QED) is 0.432. The number of hydrogen-bond donors (Lipinski definition) is 4. The number of primary amides is 1. The molecule has 0 rings (SSSR count). The molecule has 5 N–H and O–H groups in total. The number of rotatable bonds is 9. The SMILES string of the molecule is CCC(C)NCC(=O)N[C@H](CCC(N)=O)C(=O)O. The zero-order valence-corrected chi connectivity index (χ0v) is 10.7.